The van der Waals surface area contributed by atoms with Crippen LogP contribution in [0, 0.1) is 11.3 Å². The molecule has 2 fully saturated rings. The molecule has 0 radical (unpaired) electrons. The van der Waals surface area contributed by atoms with Crippen molar-refractivity contribution in [3.05, 3.63) is 71.6 Å². The number of benzene rings is 2. The molecule has 5 nitrogen and oxygen atoms in total. The van der Waals surface area contributed by atoms with Gasteiger partial charge in [-0.15, -0.1) is 0 Å². The van der Waals surface area contributed by atoms with Gasteiger partial charge in [-0.1, -0.05) is 35.5 Å². The fraction of sp³-hybridized carbons (Fsp3) is 0.318. The van der Waals surface area contributed by atoms with Crippen molar-refractivity contribution in [3.63, 3.8) is 0 Å². The Morgan fingerprint density at radius 2 is 1.89 bits per heavy atom. The maximum absolute atomic E-state index is 8.91. The Morgan fingerprint density at radius 1 is 1.11 bits per heavy atom. The van der Waals surface area contributed by atoms with Gasteiger partial charge in [0.05, 0.1) is 17.0 Å². The fourth-order valence-electron chi connectivity index (χ4n) is 3.68. The summed E-state index contributed by atoms with van der Waals surface area (Å²) in [4.78, 5) is 4.65. The summed E-state index contributed by atoms with van der Waals surface area (Å²) in [7, 11) is 0. The summed E-state index contributed by atoms with van der Waals surface area (Å²) >= 11 is 0. The second-order valence-electron chi connectivity index (χ2n) is 7.63. The molecule has 5 rings (SSSR count). The Labute approximate surface area is 158 Å². The largest absolute Gasteiger partial charge is 0.338 e. The second-order valence-corrected chi connectivity index (χ2v) is 7.63. The highest BCUT2D eigenvalue weighted by Crippen LogP contribution is 2.49. The molecule has 27 heavy (non-hydrogen) atoms. The molecule has 0 saturated heterocycles. The fourth-order valence-corrected chi connectivity index (χ4v) is 3.68. The molecule has 0 spiro atoms. The highest BCUT2D eigenvalue weighted by molar-refractivity contribution is 5.56. The third kappa shape index (κ3) is 3.13. The van der Waals surface area contributed by atoms with Gasteiger partial charge in [-0.3, -0.25) is 0 Å². The first-order valence-electron chi connectivity index (χ1n) is 9.40. The van der Waals surface area contributed by atoms with Crippen molar-refractivity contribution in [3.8, 4) is 17.5 Å². The van der Waals surface area contributed by atoms with Crippen molar-refractivity contribution in [2.45, 2.75) is 36.6 Å². The van der Waals surface area contributed by atoms with E-state index in [0.29, 0.717) is 23.3 Å². The van der Waals surface area contributed by atoms with Crippen molar-refractivity contribution in [2.75, 3.05) is 6.54 Å². The van der Waals surface area contributed by atoms with E-state index in [0.717, 1.165) is 30.8 Å². The van der Waals surface area contributed by atoms with E-state index >= 15 is 0 Å². The highest BCUT2D eigenvalue weighted by atomic mass is 16.5. The van der Waals surface area contributed by atoms with Gasteiger partial charge < -0.3 is 9.84 Å². The van der Waals surface area contributed by atoms with Crippen molar-refractivity contribution in [2.24, 2.45) is 0 Å². The summed E-state index contributed by atoms with van der Waals surface area (Å²) in [5.41, 5.74) is 2.91. The van der Waals surface area contributed by atoms with Crippen molar-refractivity contribution in [1.82, 2.24) is 15.5 Å². The van der Waals surface area contributed by atoms with Gasteiger partial charge in [-0.25, -0.2) is 0 Å². The first-order chi connectivity index (χ1) is 13.3. The van der Waals surface area contributed by atoms with Gasteiger partial charge >= 0.3 is 0 Å². The SMILES string of the molecule is N#Cc1ccc(-c2noc(C3(CN[C@H]4C[C@@H]4c4ccccc4)CC3)n2)cc1. The number of nitrogens with zero attached hydrogens (tertiary/aromatic N) is 3. The molecule has 0 amide bonds. The van der Waals surface area contributed by atoms with Crippen LogP contribution < -0.4 is 5.32 Å². The van der Waals surface area contributed by atoms with Gasteiger partial charge in [0.2, 0.25) is 11.7 Å². The monoisotopic (exact) mass is 356 g/mol. The molecule has 0 aliphatic heterocycles. The summed E-state index contributed by atoms with van der Waals surface area (Å²) in [5, 5.41) is 16.8. The van der Waals surface area contributed by atoms with Crippen molar-refractivity contribution >= 4 is 0 Å². The van der Waals surface area contributed by atoms with Crippen LogP contribution in [0.3, 0.4) is 0 Å². The van der Waals surface area contributed by atoms with Crippen LogP contribution >= 0.6 is 0 Å². The van der Waals surface area contributed by atoms with E-state index in [2.05, 4.69) is 51.9 Å². The van der Waals surface area contributed by atoms with Gasteiger partial charge in [0.25, 0.3) is 0 Å². The van der Waals surface area contributed by atoms with Crippen LogP contribution in [0.15, 0.2) is 59.1 Å². The molecule has 3 aromatic rings. The summed E-state index contributed by atoms with van der Waals surface area (Å²) in [6.45, 7) is 0.885. The molecule has 0 unspecified atom stereocenters. The Kier molecular flexibility index (Phi) is 3.80. The van der Waals surface area contributed by atoms with Crippen LogP contribution in [0.2, 0.25) is 0 Å². The molecule has 134 valence electrons. The Bertz CT molecular complexity index is 983. The summed E-state index contributed by atoms with van der Waals surface area (Å²) in [6.07, 6.45) is 3.36. The third-order valence-electron chi connectivity index (χ3n) is 5.73. The van der Waals surface area contributed by atoms with Crippen LogP contribution in [0.4, 0.5) is 0 Å². The average Bonchev–Trinajstić information content (AvgIpc) is 3.64. The molecule has 1 heterocycles. The zero-order valence-corrected chi connectivity index (χ0v) is 14.9. The van der Waals surface area contributed by atoms with Gasteiger partial charge in [-0.2, -0.15) is 10.2 Å². The van der Waals surface area contributed by atoms with Gasteiger partial charge in [0, 0.05) is 24.1 Å². The summed E-state index contributed by atoms with van der Waals surface area (Å²) < 4.78 is 5.60. The smallest absolute Gasteiger partial charge is 0.234 e. The lowest BCUT2D eigenvalue weighted by atomic mass is 10.1. The third-order valence-corrected chi connectivity index (χ3v) is 5.73. The quantitative estimate of drug-likeness (QED) is 0.727. The first kappa shape index (κ1) is 16.2. The number of hydrogen-bond acceptors (Lipinski definition) is 5. The molecule has 2 aliphatic rings. The molecular formula is C22H20N4O. The van der Waals surface area contributed by atoms with Crippen LogP contribution in [0.1, 0.15) is 42.2 Å². The van der Waals surface area contributed by atoms with E-state index in [-0.39, 0.29) is 5.41 Å². The normalized spacial score (nSPS) is 22.2. The molecular weight excluding hydrogens is 336 g/mol. The molecule has 2 saturated carbocycles. The zero-order chi connectivity index (χ0) is 18.3. The van der Waals surface area contributed by atoms with E-state index in [1.807, 2.05) is 12.1 Å². The first-order valence-corrected chi connectivity index (χ1v) is 9.40. The van der Waals surface area contributed by atoms with E-state index in [9.17, 15) is 0 Å². The number of nitrogens with one attached hydrogen (secondary N) is 1. The summed E-state index contributed by atoms with van der Waals surface area (Å²) in [6, 6.07) is 20.6. The molecule has 2 aliphatic carbocycles. The highest BCUT2D eigenvalue weighted by Gasteiger charge is 2.51. The molecule has 0 bridgehead atoms. The maximum atomic E-state index is 8.91. The minimum Gasteiger partial charge on any atom is -0.338 e. The molecule has 2 aromatic carbocycles. The van der Waals surface area contributed by atoms with Gasteiger partial charge in [0.1, 0.15) is 0 Å². The second kappa shape index (κ2) is 6.33. The summed E-state index contributed by atoms with van der Waals surface area (Å²) in [5.74, 6) is 1.94. The molecule has 2 atom stereocenters. The van der Waals surface area contributed by atoms with Crippen molar-refractivity contribution in [1.29, 1.82) is 5.26 Å². The van der Waals surface area contributed by atoms with Crippen LogP contribution in [0.5, 0.6) is 0 Å². The number of nitriles is 1. The lowest BCUT2D eigenvalue weighted by molar-refractivity contribution is 0.338. The predicted octanol–water partition coefficient (Wildman–Crippen LogP) is 3.79. The van der Waals surface area contributed by atoms with E-state index in [1.54, 1.807) is 12.1 Å². The van der Waals surface area contributed by atoms with Crippen LogP contribution in [-0.4, -0.2) is 22.7 Å². The van der Waals surface area contributed by atoms with E-state index in [1.165, 1.54) is 12.0 Å². The predicted molar refractivity (Wildman–Crippen MR) is 101 cm³/mol. The van der Waals surface area contributed by atoms with Crippen LogP contribution in [0.25, 0.3) is 11.4 Å². The number of aromatic nitrogens is 2. The Balaban J connectivity index is 1.24. The standard InChI is InChI=1S/C22H20N4O/c23-13-15-6-8-17(9-7-15)20-25-21(27-26-20)22(10-11-22)14-24-19-12-18(19)16-4-2-1-3-5-16/h1-9,18-19,24H,10-12,14H2/t18-,19+/m1/s1. The maximum Gasteiger partial charge on any atom is 0.234 e. The topological polar surface area (TPSA) is 74.7 Å². The minimum atomic E-state index is -0.0122. The van der Waals surface area contributed by atoms with Crippen LogP contribution in [-0.2, 0) is 5.41 Å². The number of rotatable bonds is 6. The molecule has 1 N–H and O–H groups in total. The lowest BCUT2D eigenvalue weighted by Gasteiger charge is -2.11. The minimum absolute atomic E-state index is 0.0122. The van der Waals surface area contributed by atoms with Gasteiger partial charge in [-0.05, 0) is 49.1 Å². The lowest BCUT2D eigenvalue weighted by Crippen LogP contribution is -2.29. The van der Waals surface area contributed by atoms with Gasteiger partial charge in [0.15, 0.2) is 0 Å². The Hall–Kier alpha value is -2.97. The van der Waals surface area contributed by atoms with Crippen molar-refractivity contribution < 1.29 is 4.52 Å². The number of hydrogen-bond donors (Lipinski definition) is 1. The Morgan fingerprint density at radius 3 is 2.59 bits per heavy atom. The molecule has 1 aromatic heterocycles. The van der Waals surface area contributed by atoms with E-state index in [4.69, 9.17) is 9.78 Å². The van der Waals surface area contributed by atoms with E-state index < -0.39 is 0 Å². The molecule has 5 heteroatoms. The average molecular weight is 356 g/mol. The zero-order valence-electron chi connectivity index (χ0n) is 14.9.